The number of fused-ring (bicyclic) bond motifs is 3. The van der Waals surface area contributed by atoms with E-state index < -0.39 is 0 Å². The number of thiocarbonyl (C=S) groups is 3. The number of benzene rings is 3. The summed E-state index contributed by atoms with van der Waals surface area (Å²) >= 11 is 15.2. The van der Waals surface area contributed by atoms with Gasteiger partial charge in [-0.1, -0.05) is 42.7 Å². The third kappa shape index (κ3) is 6.77. The van der Waals surface area contributed by atoms with Gasteiger partial charge in [-0.25, -0.2) is 0 Å². The maximum atomic E-state index is 5.75. The lowest BCUT2D eigenvalue weighted by molar-refractivity contribution is 0.285. The highest BCUT2D eigenvalue weighted by molar-refractivity contribution is 7.81. The standard InChI is InChI=1S/3C9H10N2OS/c1-5-9(13)11-7-4-6(10)2-3-8(7)12-5;1-5-9(13)11-7-3-2-6(10)4-8(7)12-5;1-5-9(13)11-8-6(10)3-2-4-7(8)12-5/h3*2-5H,10H2,1H3,(H,11,13). The van der Waals surface area contributed by atoms with Crippen LogP contribution < -0.4 is 47.4 Å². The Bertz CT molecular complexity index is 1430. The van der Waals surface area contributed by atoms with Crippen molar-refractivity contribution in [3.05, 3.63) is 54.6 Å². The number of para-hydroxylation sites is 1. The first-order valence-electron chi connectivity index (χ1n) is 12.1. The van der Waals surface area contributed by atoms with Crippen LogP contribution in [0.25, 0.3) is 0 Å². The molecule has 0 saturated carbocycles. The molecule has 0 bridgehead atoms. The number of hydrogen-bond donors (Lipinski definition) is 6. The van der Waals surface area contributed by atoms with Crippen molar-refractivity contribution in [1.29, 1.82) is 0 Å². The van der Waals surface area contributed by atoms with Gasteiger partial charge in [0, 0.05) is 17.4 Å². The zero-order chi connectivity index (χ0) is 28.3. The van der Waals surface area contributed by atoms with Gasteiger partial charge in [-0.05, 0) is 63.2 Å². The Morgan fingerprint density at radius 1 is 0.590 bits per heavy atom. The second-order valence-corrected chi connectivity index (χ2v) is 10.3. The minimum Gasteiger partial charge on any atom is -0.481 e. The van der Waals surface area contributed by atoms with Crippen LogP contribution in [0.5, 0.6) is 17.2 Å². The molecule has 204 valence electrons. The van der Waals surface area contributed by atoms with Crippen LogP contribution in [0.2, 0.25) is 0 Å². The van der Waals surface area contributed by atoms with Gasteiger partial charge >= 0.3 is 0 Å². The van der Waals surface area contributed by atoms with Crippen LogP contribution in [-0.2, 0) is 0 Å². The van der Waals surface area contributed by atoms with E-state index in [4.69, 9.17) is 68.1 Å². The second-order valence-electron chi connectivity index (χ2n) is 8.98. The number of anilines is 6. The van der Waals surface area contributed by atoms with Crippen LogP contribution in [-0.4, -0.2) is 33.3 Å². The third-order valence-corrected chi connectivity index (χ3v) is 7.15. The van der Waals surface area contributed by atoms with Gasteiger partial charge in [0.2, 0.25) is 0 Å². The molecular formula is C27H30N6O3S3. The quantitative estimate of drug-likeness (QED) is 0.150. The average molecular weight is 583 g/mol. The molecule has 3 aliphatic rings. The fourth-order valence-corrected chi connectivity index (χ4v) is 4.16. The van der Waals surface area contributed by atoms with E-state index in [0.717, 1.165) is 34.3 Å². The van der Waals surface area contributed by atoms with Crippen molar-refractivity contribution in [3.63, 3.8) is 0 Å². The van der Waals surface area contributed by atoms with Gasteiger partial charge in [-0.2, -0.15) is 0 Å². The Kier molecular flexibility index (Phi) is 8.58. The van der Waals surface area contributed by atoms with E-state index in [0.29, 0.717) is 32.0 Å². The first kappa shape index (κ1) is 28.1. The molecule has 0 radical (unpaired) electrons. The molecule has 9 nitrogen and oxygen atoms in total. The SMILES string of the molecule is CC1Oc2cc(N)ccc2NC1=S.CC1Oc2ccc(N)cc2NC1=S.CC1Oc2cccc(N)c2NC1=S. The monoisotopic (exact) mass is 582 g/mol. The molecule has 12 heteroatoms. The van der Waals surface area contributed by atoms with Crippen LogP contribution in [0.4, 0.5) is 34.1 Å². The Hall–Kier alpha value is -3.87. The zero-order valence-corrected chi connectivity index (χ0v) is 24.1. The van der Waals surface area contributed by atoms with Crippen molar-refractivity contribution in [1.82, 2.24) is 0 Å². The molecule has 3 aromatic rings. The lowest BCUT2D eigenvalue weighted by atomic mass is 10.2. The summed E-state index contributed by atoms with van der Waals surface area (Å²) in [5.41, 5.74) is 21.6. The van der Waals surface area contributed by atoms with Crippen molar-refractivity contribution >= 4 is 85.7 Å². The van der Waals surface area contributed by atoms with Crippen LogP contribution in [0, 0.1) is 0 Å². The molecule has 0 fully saturated rings. The molecular weight excluding hydrogens is 553 g/mol. The van der Waals surface area contributed by atoms with E-state index in [2.05, 4.69) is 16.0 Å². The Labute approximate surface area is 243 Å². The highest BCUT2D eigenvalue weighted by atomic mass is 32.1. The minimum atomic E-state index is -0.0794. The molecule has 6 rings (SSSR count). The maximum absolute atomic E-state index is 5.75. The summed E-state index contributed by atoms with van der Waals surface area (Å²) in [6.45, 7) is 5.72. The van der Waals surface area contributed by atoms with Gasteiger partial charge in [0.25, 0.3) is 0 Å². The molecule has 3 aromatic carbocycles. The van der Waals surface area contributed by atoms with Crippen LogP contribution >= 0.6 is 36.7 Å². The number of nitrogen functional groups attached to an aromatic ring is 3. The van der Waals surface area contributed by atoms with E-state index in [-0.39, 0.29) is 18.3 Å². The molecule has 0 aliphatic carbocycles. The fourth-order valence-electron chi connectivity index (χ4n) is 3.69. The summed E-state index contributed by atoms with van der Waals surface area (Å²) in [5, 5.41) is 9.22. The van der Waals surface area contributed by atoms with E-state index >= 15 is 0 Å². The van der Waals surface area contributed by atoms with Gasteiger partial charge in [-0.15, -0.1) is 0 Å². The molecule has 0 aromatic heterocycles. The molecule has 0 spiro atoms. The van der Waals surface area contributed by atoms with E-state index in [1.165, 1.54) is 0 Å². The Balaban J connectivity index is 0.000000136. The average Bonchev–Trinajstić information content (AvgIpc) is 2.88. The van der Waals surface area contributed by atoms with E-state index in [1.807, 2.05) is 69.3 Å². The number of hydrogen-bond acceptors (Lipinski definition) is 9. The molecule has 9 N–H and O–H groups in total. The van der Waals surface area contributed by atoms with Crippen molar-refractivity contribution in [2.75, 3.05) is 33.2 Å². The molecule has 0 amide bonds. The van der Waals surface area contributed by atoms with E-state index in [9.17, 15) is 0 Å². The second kappa shape index (κ2) is 11.9. The zero-order valence-electron chi connectivity index (χ0n) is 21.6. The van der Waals surface area contributed by atoms with Crippen molar-refractivity contribution < 1.29 is 14.2 Å². The van der Waals surface area contributed by atoms with Gasteiger partial charge in [-0.3, -0.25) is 0 Å². The predicted octanol–water partition coefficient (Wildman–Crippen LogP) is 5.37. The highest BCUT2D eigenvalue weighted by Gasteiger charge is 2.22. The van der Waals surface area contributed by atoms with Crippen molar-refractivity contribution in [2.45, 2.75) is 39.1 Å². The molecule has 3 aliphatic heterocycles. The summed E-state index contributed by atoms with van der Waals surface area (Å²) in [5.74, 6) is 2.33. The largest absolute Gasteiger partial charge is 0.481 e. The Morgan fingerprint density at radius 2 is 1.13 bits per heavy atom. The van der Waals surface area contributed by atoms with Gasteiger partial charge in [0.05, 0.1) is 17.1 Å². The van der Waals surface area contributed by atoms with Gasteiger partial charge < -0.3 is 47.4 Å². The molecule has 39 heavy (non-hydrogen) atoms. The first-order chi connectivity index (χ1) is 18.5. The number of nitrogens with one attached hydrogen (secondary N) is 3. The lowest BCUT2D eigenvalue weighted by Gasteiger charge is -2.26. The summed E-state index contributed by atoms with van der Waals surface area (Å²) in [4.78, 5) is 2.07. The summed E-state index contributed by atoms with van der Waals surface area (Å²) in [6.07, 6.45) is -0.222. The summed E-state index contributed by atoms with van der Waals surface area (Å²) < 4.78 is 16.6. The fraction of sp³-hybridized carbons (Fsp3) is 0.222. The van der Waals surface area contributed by atoms with Crippen molar-refractivity contribution in [2.24, 2.45) is 0 Å². The molecule has 3 heterocycles. The number of rotatable bonds is 0. The number of ether oxygens (including phenoxy) is 3. The number of nitrogens with two attached hydrogens (primary N) is 3. The molecule has 0 saturated heterocycles. The summed E-state index contributed by atoms with van der Waals surface area (Å²) in [6, 6.07) is 16.5. The van der Waals surface area contributed by atoms with Crippen LogP contribution in [0.1, 0.15) is 20.8 Å². The highest BCUT2D eigenvalue weighted by Crippen LogP contribution is 2.35. The van der Waals surface area contributed by atoms with Gasteiger partial charge in [0.1, 0.15) is 56.2 Å². The Morgan fingerprint density at radius 3 is 1.82 bits per heavy atom. The first-order valence-corrected chi connectivity index (χ1v) is 13.3. The van der Waals surface area contributed by atoms with Crippen LogP contribution in [0.15, 0.2) is 54.6 Å². The maximum Gasteiger partial charge on any atom is 0.146 e. The topological polar surface area (TPSA) is 142 Å². The smallest absolute Gasteiger partial charge is 0.146 e. The summed E-state index contributed by atoms with van der Waals surface area (Å²) in [7, 11) is 0. The minimum absolute atomic E-state index is 0.0638. The molecule has 3 unspecified atom stereocenters. The van der Waals surface area contributed by atoms with Gasteiger partial charge in [0.15, 0.2) is 0 Å². The predicted molar refractivity (Wildman–Crippen MR) is 171 cm³/mol. The molecule has 3 atom stereocenters. The van der Waals surface area contributed by atoms with Crippen LogP contribution in [0.3, 0.4) is 0 Å². The van der Waals surface area contributed by atoms with E-state index in [1.54, 1.807) is 6.07 Å². The third-order valence-electron chi connectivity index (χ3n) is 5.85. The normalized spacial score (nSPS) is 20.1. The lowest BCUT2D eigenvalue weighted by Crippen LogP contribution is -2.33. The van der Waals surface area contributed by atoms with Crippen molar-refractivity contribution in [3.8, 4) is 17.2 Å².